The van der Waals surface area contributed by atoms with Crippen LogP contribution in [0.25, 0.3) is 0 Å². The van der Waals surface area contributed by atoms with Gasteiger partial charge in [0, 0.05) is 5.56 Å². The van der Waals surface area contributed by atoms with Crippen LogP contribution < -0.4 is 16.2 Å². The van der Waals surface area contributed by atoms with Gasteiger partial charge in [-0.3, -0.25) is 0 Å². The Morgan fingerprint density at radius 1 is 1.57 bits per heavy atom. The first-order valence-corrected chi connectivity index (χ1v) is 4.19. The molecule has 0 saturated heterocycles. The molecule has 0 amide bonds. The monoisotopic (exact) mass is 195 g/mol. The molecule has 0 atom stereocenters. The van der Waals surface area contributed by atoms with Crippen LogP contribution in [0.4, 0.5) is 5.69 Å². The standard InChI is InChI=1S/C9H13N3O2/c1-2-14-8-4-3-6(5-7(8)10)9(11)12-13/h3-5,13H,2,10H2,1H3,(H2,11,12). The first kappa shape index (κ1) is 10.2. The van der Waals surface area contributed by atoms with E-state index in [1.54, 1.807) is 18.2 Å². The van der Waals surface area contributed by atoms with Crippen LogP contribution in [0.1, 0.15) is 12.5 Å². The number of amidine groups is 1. The molecule has 0 bridgehead atoms. The van der Waals surface area contributed by atoms with E-state index in [4.69, 9.17) is 21.4 Å². The molecule has 0 aliphatic rings. The van der Waals surface area contributed by atoms with Crippen molar-refractivity contribution in [2.24, 2.45) is 10.9 Å². The Morgan fingerprint density at radius 3 is 2.79 bits per heavy atom. The summed E-state index contributed by atoms with van der Waals surface area (Å²) in [6.07, 6.45) is 0. The van der Waals surface area contributed by atoms with Gasteiger partial charge in [-0.05, 0) is 25.1 Å². The van der Waals surface area contributed by atoms with Crippen molar-refractivity contribution in [2.75, 3.05) is 12.3 Å². The van der Waals surface area contributed by atoms with Gasteiger partial charge in [0.05, 0.1) is 12.3 Å². The van der Waals surface area contributed by atoms with Crippen LogP contribution >= 0.6 is 0 Å². The SMILES string of the molecule is CCOc1ccc(/C(N)=N/O)cc1N. The molecule has 0 unspecified atom stereocenters. The van der Waals surface area contributed by atoms with Gasteiger partial charge in [-0.1, -0.05) is 5.16 Å². The summed E-state index contributed by atoms with van der Waals surface area (Å²) in [6.45, 7) is 2.42. The normalized spacial score (nSPS) is 11.4. The third kappa shape index (κ3) is 2.07. The summed E-state index contributed by atoms with van der Waals surface area (Å²) < 4.78 is 5.24. The van der Waals surface area contributed by atoms with Gasteiger partial charge < -0.3 is 21.4 Å². The Labute approximate surface area is 82.0 Å². The highest BCUT2D eigenvalue weighted by Crippen LogP contribution is 2.22. The second-order valence-electron chi connectivity index (χ2n) is 2.67. The largest absolute Gasteiger partial charge is 0.492 e. The van der Waals surface area contributed by atoms with Gasteiger partial charge in [-0.2, -0.15) is 0 Å². The molecule has 14 heavy (non-hydrogen) atoms. The van der Waals surface area contributed by atoms with Gasteiger partial charge >= 0.3 is 0 Å². The van der Waals surface area contributed by atoms with Crippen molar-refractivity contribution in [3.05, 3.63) is 23.8 Å². The lowest BCUT2D eigenvalue weighted by Gasteiger charge is -2.07. The summed E-state index contributed by atoms with van der Waals surface area (Å²) in [5.41, 5.74) is 12.1. The quantitative estimate of drug-likeness (QED) is 0.218. The molecule has 0 aromatic heterocycles. The van der Waals surface area contributed by atoms with Crippen molar-refractivity contribution in [3.8, 4) is 5.75 Å². The zero-order valence-corrected chi connectivity index (χ0v) is 7.90. The van der Waals surface area contributed by atoms with Gasteiger partial charge in [-0.25, -0.2) is 0 Å². The van der Waals surface area contributed by atoms with E-state index in [0.717, 1.165) is 0 Å². The highest BCUT2D eigenvalue weighted by molar-refractivity contribution is 5.98. The molecule has 76 valence electrons. The second-order valence-corrected chi connectivity index (χ2v) is 2.67. The number of nitrogens with zero attached hydrogens (tertiary/aromatic N) is 1. The van der Waals surface area contributed by atoms with Crippen LogP contribution in [0, 0.1) is 0 Å². The maximum absolute atomic E-state index is 8.44. The Hall–Kier alpha value is -1.91. The van der Waals surface area contributed by atoms with Crippen molar-refractivity contribution in [1.82, 2.24) is 0 Å². The van der Waals surface area contributed by atoms with Crippen LogP contribution in [0.2, 0.25) is 0 Å². The molecule has 5 heteroatoms. The Kier molecular flexibility index (Phi) is 3.17. The summed E-state index contributed by atoms with van der Waals surface area (Å²) in [7, 11) is 0. The first-order valence-electron chi connectivity index (χ1n) is 4.19. The molecule has 0 spiro atoms. The Morgan fingerprint density at radius 2 is 2.29 bits per heavy atom. The van der Waals surface area contributed by atoms with E-state index in [1.807, 2.05) is 6.92 Å². The minimum absolute atomic E-state index is 0.0275. The summed E-state index contributed by atoms with van der Waals surface area (Å²) in [4.78, 5) is 0. The lowest BCUT2D eigenvalue weighted by atomic mass is 10.2. The lowest BCUT2D eigenvalue weighted by Crippen LogP contribution is -2.13. The summed E-state index contributed by atoms with van der Waals surface area (Å²) in [5.74, 6) is 0.627. The van der Waals surface area contributed by atoms with Crippen molar-refractivity contribution in [2.45, 2.75) is 6.92 Å². The van der Waals surface area contributed by atoms with E-state index < -0.39 is 0 Å². The van der Waals surface area contributed by atoms with Crippen molar-refractivity contribution < 1.29 is 9.94 Å². The van der Waals surface area contributed by atoms with Crippen LogP contribution in [-0.2, 0) is 0 Å². The van der Waals surface area contributed by atoms with Gasteiger partial charge in [-0.15, -0.1) is 0 Å². The number of oxime groups is 1. The molecule has 5 N–H and O–H groups in total. The molecule has 1 aromatic carbocycles. The number of anilines is 1. The number of hydrogen-bond donors (Lipinski definition) is 3. The zero-order chi connectivity index (χ0) is 10.6. The number of hydrogen-bond acceptors (Lipinski definition) is 4. The summed E-state index contributed by atoms with van der Waals surface area (Å²) >= 11 is 0. The molecule has 0 fully saturated rings. The molecular weight excluding hydrogens is 182 g/mol. The highest BCUT2D eigenvalue weighted by Gasteiger charge is 2.04. The molecular formula is C9H13N3O2. The summed E-state index contributed by atoms with van der Waals surface area (Å²) in [5, 5.41) is 11.3. The van der Waals surface area contributed by atoms with Crippen LogP contribution in [0.15, 0.2) is 23.4 Å². The van der Waals surface area contributed by atoms with E-state index in [9.17, 15) is 0 Å². The Balaban J connectivity index is 3.00. The third-order valence-corrected chi connectivity index (χ3v) is 1.71. The number of nitrogen functional groups attached to an aromatic ring is 1. The third-order valence-electron chi connectivity index (χ3n) is 1.71. The van der Waals surface area contributed by atoms with E-state index in [2.05, 4.69) is 5.16 Å². The van der Waals surface area contributed by atoms with Gasteiger partial charge in [0.2, 0.25) is 0 Å². The van der Waals surface area contributed by atoms with Crippen molar-refractivity contribution >= 4 is 11.5 Å². The fourth-order valence-electron chi connectivity index (χ4n) is 1.05. The maximum Gasteiger partial charge on any atom is 0.170 e. The van der Waals surface area contributed by atoms with E-state index in [1.165, 1.54) is 0 Å². The number of benzene rings is 1. The molecule has 0 aliphatic heterocycles. The average molecular weight is 195 g/mol. The van der Waals surface area contributed by atoms with Crippen molar-refractivity contribution in [3.63, 3.8) is 0 Å². The van der Waals surface area contributed by atoms with Crippen LogP contribution in [-0.4, -0.2) is 17.6 Å². The molecule has 0 aliphatic carbocycles. The first-order chi connectivity index (χ1) is 6.69. The molecule has 1 aromatic rings. The van der Waals surface area contributed by atoms with Crippen molar-refractivity contribution in [1.29, 1.82) is 0 Å². The fourth-order valence-corrected chi connectivity index (χ4v) is 1.05. The Bertz CT molecular complexity index is 350. The molecule has 5 nitrogen and oxygen atoms in total. The average Bonchev–Trinajstić information content (AvgIpc) is 2.20. The van der Waals surface area contributed by atoms with Gasteiger partial charge in [0.15, 0.2) is 5.84 Å². The minimum Gasteiger partial charge on any atom is -0.492 e. The smallest absolute Gasteiger partial charge is 0.170 e. The number of nitrogens with two attached hydrogens (primary N) is 2. The van der Waals surface area contributed by atoms with E-state index in [-0.39, 0.29) is 5.84 Å². The summed E-state index contributed by atoms with van der Waals surface area (Å²) in [6, 6.07) is 4.96. The maximum atomic E-state index is 8.44. The minimum atomic E-state index is 0.0275. The molecule has 0 heterocycles. The second kappa shape index (κ2) is 4.36. The predicted molar refractivity (Wildman–Crippen MR) is 54.5 cm³/mol. The van der Waals surface area contributed by atoms with E-state index >= 15 is 0 Å². The van der Waals surface area contributed by atoms with E-state index in [0.29, 0.717) is 23.6 Å². The predicted octanol–water partition coefficient (Wildman–Crippen LogP) is 0.762. The molecule has 0 saturated carbocycles. The highest BCUT2D eigenvalue weighted by atomic mass is 16.5. The number of ether oxygens (including phenoxy) is 1. The molecule has 1 rings (SSSR count). The fraction of sp³-hybridized carbons (Fsp3) is 0.222. The zero-order valence-electron chi connectivity index (χ0n) is 7.90. The van der Waals surface area contributed by atoms with Gasteiger partial charge in [0.1, 0.15) is 5.75 Å². The van der Waals surface area contributed by atoms with Crippen LogP contribution in [0.3, 0.4) is 0 Å². The number of rotatable bonds is 3. The lowest BCUT2D eigenvalue weighted by molar-refractivity contribution is 0.318. The molecule has 0 radical (unpaired) electrons. The van der Waals surface area contributed by atoms with Crippen LogP contribution in [0.5, 0.6) is 5.75 Å². The topological polar surface area (TPSA) is 93.9 Å². The van der Waals surface area contributed by atoms with Gasteiger partial charge in [0.25, 0.3) is 0 Å².